The molecule has 29 heavy (non-hydrogen) atoms. The van der Waals surface area contributed by atoms with Crippen molar-refractivity contribution in [2.45, 2.75) is 25.0 Å². The predicted octanol–water partition coefficient (Wildman–Crippen LogP) is 4.29. The van der Waals surface area contributed by atoms with Crippen molar-refractivity contribution in [3.05, 3.63) is 95.6 Å². The van der Waals surface area contributed by atoms with Gasteiger partial charge in [-0.3, -0.25) is 4.79 Å². The van der Waals surface area contributed by atoms with Gasteiger partial charge in [0.15, 0.2) is 5.78 Å². The third-order valence-corrected chi connectivity index (χ3v) is 6.35. The van der Waals surface area contributed by atoms with Crippen molar-refractivity contribution >= 4 is 15.8 Å². The minimum atomic E-state index is -3.87. The maximum absolute atomic E-state index is 13.3. The number of sulfonamides is 1. The van der Waals surface area contributed by atoms with Crippen LogP contribution in [0.1, 0.15) is 28.4 Å². The SMILES string of the molecule is CC(=O)c1ccc(OCc2ccccc2)c(S(=O)(=O)N(C)Cc2ccccc2)c1. The minimum Gasteiger partial charge on any atom is -0.487 e. The number of Topliss-reactive ketones (excluding diaryl/α,β-unsaturated/α-hetero) is 1. The highest BCUT2D eigenvalue weighted by Crippen LogP contribution is 2.29. The average molecular weight is 410 g/mol. The molecule has 0 saturated carbocycles. The van der Waals surface area contributed by atoms with Gasteiger partial charge in [-0.25, -0.2) is 8.42 Å². The van der Waals surface area contributed by atoms with Crippen molar-refractivity contribution in [2.24, 2.45) is 0 Å². The van der Waals surface area contributed by atoms with Gasteiger partial charge in [-0.2, -0.15) is 4.31 Å². The standard InChI is InChI=1S/C23H23NO4S/c1-18(25)21-13-14-22(28-17-20-11-7-4-8-12-20)23(15-21)29(26,27)24(2)16-19-9-5-3-6-10-19/h3-15H,16-17H2,1-2H3. The van der Waals surface area contributed by atoms with Crippen LogP contribution in [-0.4, -0.2) is 25.6 Å². The van der Waals surface area contributed by atoms with E-state index in [1.165, 1.54) is 24.3 Å². The fourth-order valence-corrected chi connectivity index (χ4v) is 4.19. The summed E-state index contributed by atoms with van der Waals surface area (Å²) in [6, 6.07) is 23.3. The number of rotatable bonds is 8. The van der Waals surface area contributed by atoms with Gasteiger partial charge in [0.1, 0.15) is 17.3 Å². The lowest BCUT2D eigenvalue weighted by molar-refractivity contribution is 0.101. The molecular weight excluding hydrogens is 386 g/mol. The maximum atomic E-state index is 13.3. The van der Waals surface area contributed by atoms with E-state index in [4.69, 9.17) is 4.74 Å². The molecule has 0 unspecified atom stereocenters. The van der Waals surface area contributed by atoms with Gasteiger partial charge in [0.05, 0.1) is 0 Å². The Labute approximate surface area is 171 Å². The number of hydrogen-bond donors (Lipinski definition) is 0. The van der Waals surface area contributed by atoms with Gasteiger partial charge < -0.3 is 4.74 Å². The quantitative estimate of drug-likeness (QED) is 0.521. The van der Waals surface area contributed by atoms with Crippen LogP contribution in [0.25, 0.3) is 0 Å². The zero-order chi connectivity index (χ0) is 20.9. The molecule has 0 saturated heterocycles. The Morgan fingerprint density at radius 1 is 0.897 bits per heavy atom. The second kappa shape index (κ2) is 9.03. The van der Waals surface area contributed by atoms with E-state index in [9.17, 15) is 13.2 Å². The third-order valence-electron chi connectivity index (χ3n) is 4.52. The highest BCUT2D eigenvalue weighted by Gasteiger charge is 2.26. The van der Waals surface area contributed by atoms with Crippen LogP contribution in [0, 0.1) is 0 Å². The number of ether oxygens (including phenoxy) is 1. The van der Waals surface area contributed by atoms with Crippen LogP contribution in [0.15, 0.2) is 83.8 Å². The molecule has 0 aromatic heterocycles. The number of ketones is 1. The van der Waals surface area contributed by atoms with Gasteiger partial charge >= 0.3 is 0 Å². The summed E-state index contributed by atoms with van der Waals surface area (Å²) in [5.41, 5.74) is 2.11. The Kier molecular flexibility index (Phi) is 6.46. The van der Waals surface area contributed by atoms with E-state index in [-0.39, 0.29) is 29.6 Å². The van der Waals surface area contributed by atoms with Gasteiger partial charge in [0, 0.05) is 19.2 Å². The summed E-state index contributed by atoms with van der Waals surface area (Å²) in [7, 11) is -2.35. The molecule has 0 heterocycles. The highest BCUT2D eigenvalue weighted by molar-refractivity contribution is 7.89. The number of carbonyl (C=O) groups is 1. The summed E-state index contributed by atoms with van der Waals surface area (Å²) in [6.07, 6.45) is 0. The van der Waals surface area contributed by atoms with Crippen molar-refractivity contribution in [1.29, 1.82) is 0 Å². The maximum Gasteiger partial charge on any atom is 0.246 e. The van der Waals surface area contributed by atoms with Crippen molar-refractivity contribution in [3.8, 4) is 5.75 Å². The summed E-state index contributed by atoms with van der Waals surface area (Å²) in [5.74, 6) is 0.0144. The second-order valence-electron chi connectivity index (χ2n) is 6.74. The van der Waals surface area contributed by atoms with E-state index in [1.54, 1.807) is 12.1 Å². The first-order valence-electron chi connectivity index (χ1n) is 9.20. The van der Waals surface area contributed by atoms with E-state index in [2.05, 4.69) is 0 Å². The van der Waals surface area contributed by atoms with Crippen LogP contribution in [0.2, 0.25) is 0 Å². The topological polar surface area (TPSA) is 63.7 Å². The summed E-state index contributed by atoms with van der Waals surface area (Å²) in [5, 5.41) is 0. The smallest absolute Gasteiger partial charge is 0.246 e. The molecule has 0 spiro atoms. The summed E-state index contributed by atoms with van der Waals surface area (Å²) >= 11 is 0. The van der Waals surface area contributed by atoms with E-state index in [0.29, 0.717) is 5.56 Å². The number of nitrogens with zero attached hydrogens (tertiary/aromatic N) is 1. The van der Waals surface area contributed by atoms with Crippen LogP contribution >= 0.6 is 0 Å². The predicted molar refractivity (Wildman–Crippen MR) is 112 cm³/mol. The molecule has 0 amide bonds. The first-order valence-corrected chi connectivity index (χ1v) is 10.6. The van der Waals surface area contributed by atoms with Crippen LogP contribution < -0.4 is 4.74 Å². The van der Waals surface area contributed by atoms with Crippen LogP contribution in [0.5, 0.6) is 5.75 Å². The zero-order valence-corrected chi connectivity index (χ0v) is 17.2. The van der Waals surface area contributed by atoms with Crippen LogP contribution in [0.3, 0.4) is 0 Å². The molecule has 150 valence electrons. The van der Waals surface area contributed by atoms with Crippen molar-refractivity contribution in [1.82, 2.24) is 4.31 Å². The second-order valence-corrected chi connectivity index (χ2v) is 8.75. The molecule has 3 aromatic carbocycles. The molecule has 0 bridgehead atoms. The Morgan fingerprint density at radius 3 is 2.07 bits per heavy atom. The Hall–Kier alpha value is -2.96. The highest BCUT2D eigenvalue weighted by atomic mass is 32.2. The molecule has 3 aromatic rings. The molecule has 0 aliphatic heterocycles. The van der Waals surface area contributed by atoms with Crippen molar-refractivity contribution in [2.75, 3.05) is 7.05 Å². The van der Waals surface area contributed by atoms with E-state index in [0.717, 1.165) is 11.1 Å². The normalized spacial score (nSPS) is 11.4. The largest absolute Gasteiger partial charge is 0.487 e. The van der Waals surface area contributed by atoms with Gasteiger partial charge in [0.2, 0.25) is 10.0 Å². The molecule has 0 aliphatic rings. The van der Waals surface area contributed by atoms with Crippen molar-refractivity contribution in [3.63, 3.8) is 0 Å². The Bertz CT molecular complexity index is 1080. The molecule has 0 aliphatic carbocycles. The molecule has 0 atom stereocenters. The third kappa shape index (κ3) is 5.10. The lowest BCUT2D eigenvalue weighted by Crippen LogP contribution is -2.27. The van der Waals surface area contributed by atoms with Gasteiger partial charge in [-0.15, -0.1) is 0 Å². The Balaban J connectivity index is 1.93. The molecule has 0 fully saturated rings. The number of carbonyl (C=O) groups excluding carboxylic acids is 1. The monoisotopic (exact) mass is 409 g/mol. The van der Waals surface area contributed by atoms with Gasteiger partial charge in [-0.1, -0.05) is 60.7 Å². The van der Waals surface area contributed by atoms with Gasteiger partial charge in [0.25, 0.3) is 0 Å². The molecule has 6 heteroatoms. The van der Waals surface area contributed by atoms with Crippen molar-refractivity contribution < 1.29 is 17.9 Å². The average Bonchev–Trinajstić information content (AvgIpc) is 2.73. The minimum absolute atomic E-state index is 0.0143. The fraction of sp³-hybridized carbons (Fsp3) is 0.174. The number of benzene rings is 3. The van der Waals surface area contributed by atoms with Gasteiger partial charge in [-0.05, 0) is 36.2 Å². The lowest BCUT2D eigenvalue weighted by atomic mass is 10.1. The summed E-state index contributed by atoms with van der Waals surface area (Å²) in [4.78, 5) is 11.8. The summed E-state index contributed by atoms with van der Waals surface area (Å²) in [6.45, 7) is 1.85. The summed E-state index contributed by atoms with van der Waals surface area (Å²) < 4.78 is 33.6. The molecular formula is C23H23NO4S. The lowest BCUT2D eigenvalue weighted by Gasteiger charge is -2.20. The molecule has 3 rings (SSSR count). The van der Waals surface area contributed by atoms with Crippen LogP contribution in [0.4, 0.5) is 0 Å². The van der Waals surface area contributed by atoms with E-state index < -0.39 is 10.0 Å². The first kappa shape index (κ1) is 20.8. The molecule has 0 radical (unpaired) electrons. The number of hydrogen-bond acceptors (Lipinski definition) is 4. The van der Waals surface area contributed by atoms with Crippen LogP contribution in [-0.2, 0) is 23.2 Å². The van der Waals surface area contributed by atoms with E-state index in [1.807, 2.05) is 60.7 Å². The fourth-order valence-electron chi connectivity index (χ4n) is 2.88. The molecule has 5 nitrogen and oxygen atoms in total. The Morgan fingerprint density at radius 2 is 1.48 bits per heavy atom. The zero-order valence-electron chi connectivity index (χ0n) is 16.4. The molecule has 0 N–H and O–H groups in total. The van der Waals surface area contributed by atoms with E-state index >= 15 is 0 Å². The first-order chi connectivity index (χ1) is 13.9.